The molecule has 1 nitrogen and oxygen atoms in total. The van der Waals surface area contributed by atoms with Crippen molar-refractivity contribution in [3.05, 3.63) is 34.9 Å². The Labute approximate surface area is 112 Å². The Morgan fingerprint density at radius 3 is 2.39 bits per heavy atom. The molecule has 0 atom stereocenters. The smallest absolute Gasteiger partial charge is 0.00782 e. The fraction of sp³-hybridized carbons (Fsp3) is 0.647. The molecule has 0 bridgehead atoms. The molecule has 0 aliphatic heterocycles. The van der Waals surface area contributed by atoms with Crippen molar-refractivity contribution in [2.24, 2.45) is 5.73 Å². The van der Waals surface area contributed by atoms with Crippen molar-refractivity contribution in [2.75, 3.05) is 6.54 Å². The van der Waals surface area contributed by atoms with Crippen LogP contribution in [0.2, 0.25) is 0 Å². The molecule has 2 rings (SSSR count). The zero-order valence-electron chi connectivity index (χ0n) is 12.1. The maximum atomic E-state index is 6.17. The van der Waals surface area contributed by atoms with E-state index in [2.05, 4.69) is 39.0 Å². The van der Waals surface area contributed by atoms with Crippen molar-refractivity contribution in [3.63, 3.8) is 0 Å². The molecule has 0 saturated heterocycles. The van der Waals surface area contributed by atoms with Crippen molar-refractivity contribution in [1.29, 1.82) is 0 Å². The van der Waals surface area contributed by atoms with E-state index in [1.165, 1.54) is 48.8 Å². The Morgan fingerprint density at radius 2 is 1.83 bits per heavy atom. The summed E-state index contributed by atoms with van der Waals surface area (Å²) in [5.41, 5.74) is 10.8. The van der Waals surface area contributed by atoms with Gasteiger partial charge < -0.3 is 5.73 Å². The van der Waals surface area contributed by atoms with Crippen LogP contribution in [0.1, 0.15) is 68.6 Å². The van der Waals surface area contributed by atoms with E-state index in [-0.39, 0.29) is 5.41 Å². The Kier molecular flexibility index (Phi) is 4.11. The van der Waals surface area contributed by atoms with Crippen LogP contribution in [0.5, 0.6) is 0 Å². The van der Waals surface area contributed by atoms with Gasteiger partial charge in [-0.2, -0.15) is 0 Å². The van der Waals surface area contributed by atoms with Crippen molar-refractivity contribution >= 4 is 0 Å². The zero-order valence-corrected chi connectivity index (χ0v) is 12.1. The Bertz CT molecular complexity index is 400. The van der Waals surface area contributed by atoms with Crippen LogP contribution in [0.3, 0.4) is 0 Å². The van der Waals surface area contributed by atoms with E-state index in [0.717, 1.165) is 6.54 Å². The largest absolute Gasteiger partial charge is 0.330 e. The second-order valence-electron chi connectivity index (χ2n) is 6.27. The molecule has 0 radical (unpaired) electrons. The van der Waals surface area contributed by atoms with Gasteiger partial charge in [-0.25, -0.2) is 0 Å². The summed E-state index contributed by atoms with van der Waals surface area (Å²) in [6, 6.07) is 6.99. The van der Waals surface area contributed by atoms with Gasteiger partial charge in [-0.3, -0.25) is 0 Å². The first-order chi connectivity index (χ1) is 8.59. The molecule has 1 fully saturated rings. The third kappa shape index (κ3) is 2.47. The van der Waals surface area contributed by atoms with Crippen molar-refractivity contribution < 1.29 is 0 Å². The summed E-state index contributed by atoms with van der Waals surface area (Å²) < 4.78 is 0. The standard InChI is InChI=1S/C17H27N/c1-13(2)15-8-7-14(3)16(11-15)17(12-18)9-5-4-6-10-17/h7-8,11,13H,4-6,9-10,12,18H2,1-3H3. The van der Waals surface area contributed by atoms with Crippen LogP contribution in [0, 0.1) is 6.92 Å². The molecular weight excluding hydrogens is 218 g/mol. The van der Waals surface area contributed by atoms with Gasteiger partial charge in [0.1, 0.15) is 0 Å². The fourth-order valence-corrected chi connectivity index (χ4v) is 3.38. The molecular formula is C17H27N. The maximum absolute atomic E-state index is 6.17. The second kappa shape index (κ2) is 5.44. The average molecular weight is 245 g/mol. The van der Waals surface area contributed by atoms with Gasteiger partial charge in [-0.1, -0.05) is 51.3 Å². The van der Waals surface area contributed by atoms with Gasteiger partial charge in [0.2, 0.25) is 0 Å². The lowest BCUT2D eigenvalue weighted by atomic mass is 9.68. The topological polar surface area (TPSA) is 26.0 Å². The number of hydrogen-bond donors (Lipinski definition) is 1. The molecule has 1 saturated carbocycles. The van der Waals surface area contributed by atoms with E-state index in [1.54, 1.807) is 0 Å². The number of benzene rings is 1. The molecule has 1 aliphatic rings. The Hall–Kier alpha value is -0.820. The van der Waals surface area contributed by atoms with Gasteiger partial charge >= 0.3 is 0 Å². The number of rotatable bonds is 3. The molecule has 1 aromatic rings. The molecule has 0 aromatic heterocycles. The molecule has 2 N–H and O–H groups in total. The van der Waals surface area contributed by atoms with Crippen molar-refractivity contribution in [3.8, 4) is 0 Å². The van der Waals surface area contributed by atoms with Gasteiger partial charge in [-0.15, -0.1) is 0 Å². The van der Waals surface area contributed by atoms with Crippen LogP contribution in [0.25, 0.3) is 0 Å². The maximum Gasteiger partial charge on any atom is 0.00782 e. The SMILES string of the molecule is Cc1ccc(C(C)C)cc1C1(CN)CCCCC1. The predicted octanol–water partition coefficient (Wildman–Crippen LogP) is 4.28. The minimum Gasteiger partial charge on any atom is -0.330 e. The first-order valence-electron chi connectivity index (χ1n) is 7.40. The van der Waals surface area contributed by atoms with E-state index in [4.69, 9.17) is 5.73 Å². The van der Waals surface area contributed by atoms with Gasteiger partial charge in [-0.05, 0) is 42.4 Å². The summed E-state index contributed by atoms with van der Waals surface area (Å²) in [4.78, 5) is 0. The van der Waals surface area contributed by atoms with Crippen LogP contribution < -0.4 is 5.73 Å². The summed E-state index contributed by atoms with van der Waals surface area (Å²) in [5.74, 6) is 0.600. The predicted molar refractivity (Wildman–Crippen MR) is 79.1 cm³/mol. The minimum atomic E-state index is 0.257. The average Bonchev–Trinajstić information content (AvgIpc) is 2.39. The van der Waals surface area contributed by atoms with Crippen LogP contribution in [0.4, 0.5) is 0 Å². The van der Waals surface area contributed by atoms with E-state index in [9.17, 15) is 0 Å². The quantitative estimate of drug-likeness (QED) is 0.845. The second-order valence-corrected chi connectivity index (χ2v) is 6.27. The van der Waals surface area contributed by atoms with E-state index >= 15 is 0 Å². The van der Waals surface area contributed by atoms with Crippen LogP contribution in [-0.2, 0) is 5.41 Å². The Morgan fingerprint density at radius 1 is 1.17 bits per heavy atom. The highest BCUT2D eigenvalue weighted by atomic mass is 14.6. The first-order valence-corrected chi connectivity index (χ1v) is 7.40. The lowest BCUT2D eigenvalue weighted by molar-refractivity contribution is 0.299. The van der Waals surface area contributed by atoms with Gasteiger partial charge in [0.15, 0.2) is 0 Å². The van der Waals surface area contributed by atoms with Crippen LogP contribution in [0.15, 0.2) is 18.2 Å². The molecule has 0 amide bonds. The molecule has 1 aliphatic carbocycles. The van der Waals surface area contributed by atoms with Gasteiger partial charge in [0.25, 0.3) is 0 Å². The third-order valence-electron chi connectivity index (χ3n) is 4.70. The van der Waals surface area contributed by atoms with E-state index in [0.29, 0.717) is 5.92 Å². The molecule has 1 heteroatoms. The van der Waals surface area contributed by atoms with Crippen molar-refractivity contribution in [2.45, 2.75) is 64.2 Å². The first kappa shape index (κ1) is 13.6. The number of nitrogens with two attached hydrogens (primary N) is 1. The third-order valence-corrected chi connectivity index (χ3v) is 4.70. The summed E-state index contributed by atoms with van der Waals surface area (Å²) in [6.45, 7) is 7.58. The summed E-state index contributed by atoms with van der Waals surface area (Å²) >= 11 is 0. The highest BCUT2D eigenvalue weighted by molar-refractivity contribution is 5.39. The lowest BCUT2D eigenvalue weighted by Crippen LogP contribution is -2.37. The lowest BCUT2D eigenvalue weighted by Gasteiger charge is -2.38. The zero-order chi connectivity index (χ0) is 13.2. The summed E-state index contributed by atoms with van der Waals surface area (Å²) in [5, 5.41) is 0. The molecule has 0 spiro atoms. The summed E-state index contributed by atoms with van der Waals surface area (Å²) in [6.07, 6.45) is 6.59. The van der Waals surface area contributed by atoms with Gasteiger partial charge in [0.05, 0.1) is 0 Å². The summed E-state index contributed by atoms with van der Waals surface area (Å²) in [7, 11) is 0. The monoisotopic (exact) mass is 245 g/mol. The molecule has 0 heterocycles. The van der Waals surface area contributed by atoms with Crippen LogP contribution >= 0.6 is 0 Å². The fourth-order valence-electron chi connectivity index (χ4n) is 3.38. The van der Waals surface area contributed by atoms with Gasteiger partial charge in [0, 0.05) is 12.0 Å². The normalized spacial score (nSPS) is 19.2. The Balaban J connectivity index is 2.43. The number of aryl methyl sites for hydroxylation is 1. The van der Waals surface area contributed by atoms with E-state index in [1.807, 2.05) is 0 Å². The minimum absolute atomic E-state index is 0.257. The van der Waals surface area contributed by atoms with Crippen molar-refractivity contribution in [1.82, 2.24) is 0 Å². The van der Waals surface area contributed by atoms with E-state index < -0.39 is 0 Å². The molecule has 0 unspecified atom stereocenters. The molecule has 100 valence electrons. The highest BCUT2D eigenvalue weighted by Crippen LogP contribution is 2.40. The molecule has 18 heavy (non-hydrogen) atoms. The molecule has 1 aromatic carbocycles. The highest BCUT2D eigenvalue weighted by Gasteiger charge is 2.33. The number of hydrogen-bond acceptors (Lipinski definition) is 1. The van der Waals surface area contributed by atoms with Crippen LogP contribution in [-0.4, -0.2) is 6.54 Å².